The molecule has 11 heteroatoms. The van der Waals surface area contributed by atoms with Gasteiger partial charge in [-0.3, -0.25) is 9.69 Å². The van der Waals surface area contributed by atoms with E-state index in [1.807, 2.05) is 0 Å². The van der Waals surface area contributed by atoms with Crippen molar-refractivity contribution >= 4 is 33.6 Å². The van der Waals surface area contributed by atoms with E-state index in [9.17, 15) is 23.1 Å². The van der Waals surface area contributed by atoms with Gasteiger partial charge in [-0.25, -0.2) is 22.2 Å². The van der Waals surface area contributed by atoms with Crippen molar-refractivity contribution in [2.75, 3.05) is 24.2 Å². The number of carbonyl (C=O) groups is 2. The Balaban J connectivity index is 1.69. The van der Waals surface area contributed by atoms with Gasteiger partial charge in [0.1, 0.15) is 0 Å². The van der Waals surface area contributed by atoms with Crippen molar-refractivity contribution in [3.63, 3.8) is 0 Å². The maximum Gasteiger partial charge on any atom is 0.511 e. The molecule has 0 aromatic carbocycles. The number of sulfonamides is 1. The van der Waals surface area contributed by atoms with Crippen molar-refractivity contribution in [1.82, 2.24) is 14.1 Å². The molecule has 200 valence electrons. The van der Waals surface area contributed by atoms with Crippen LogP contribution in [-0.4, -0.2) is 65.1 Å². The standard InChI is InChI=1S/C25H38N4O6S/c1-17-4-8-19(9-5-17)24(30)29(21-12-14-27(15-13-21)36(3,33)34)23-22(35-25(31)32)16-28(26-23)20-10-6-18(2)7-11-20/h10,16-19,21H,4-9,11-15H2,1-3H3,(H,31,32). The summed E-state index contributed by atoms with van der Waals surface area (Å²) in [5, 5.41) is 14.1. The lowest BCUT2D eigenvalue weighted by molar-refractivity contribution is -0.124. The third-order valence-electron chi connectivity index (χ3n) is 7.89. The molecule has 2 heterocycles. The maximum absolute atomic E-state index is 14.0. The predicted molar refractivity (Wildman–Crippen MR) is 136 cm³/mol. The third-order valence-corrected chi connectivity index (χ3v) is 9.19. The van der Waals surface area contributed by atoms with Gasteiger partial charge in [0.05, 0.1) is 12.5 Å². The highest BCUT2D eigenvalue weighted by atomic mass is 32.2. The first-order valence-corrected chi connectivity index (χ1v) is 14.9. The van der Waals surface area contributed by atoms with E-state index in [2.05, 4.69) is 19.9 Å². The Morgan fingerprint density at radius 1 is 1.06 bits per heavy atom. The van der Waals surface area contributed by atoms with Crippen molar-refractivity contribution in [1.29, 1.82) is 0 Å². The fourth-order valence-corrected chi connectivity index (χ4v) is 6.46. The molecule has 2 fully saturated rings. The molecule has 1 aromatic rings. The summed E-state index contributed by atoms with van der Waals surface area (Å²) in [6.07, 6.45) is 10.5. The summed E-state index contributed by atoms with van der Waals surface area (Å²) in [7, 11) is -3.33. The zero-order valence-electron chi connectivity index (χ0n) is 21.4. The number of hydrogen-bond acceptors (Lipinski definition) is 6. The Kier molecular flexibility index (Phi) is 8.09. The van der Waals surface area contributed by atoms with Gasteiger partial charge in [-0.1, -0.05) is 19.9 Å². The van der Waals surface area contributed by atoms with Crippen molar-refractivity contribution in [3.05, 3.63) is 12.3 Å². The second kappa shape index (κ2) is 10.9. The van der Waals surface area contributed by atoms with Crippen molar-refractivity contribution in [2.24, 2.45) is 17.8 Å². The Hall–Kier alpha value is -2.40. The molecule has 0 bridgehead atoms. The van der Waals surface area contributed by atoms with E-state index >= 15 is 0 Å². The molecule has 1 atom stereocenters. The number of carbonyl (C=O) groups excluding carboxylic acids is 1. The van der Waals surface area contributed by atoms with Crippen LogP contribution >= 0.6 is 0 Å². The van der Waals surface area contributed by atoms with Gasteiger partial charge in [-0.15, -0.1) is 5.10 Å². The van der Waals surface area contributed by atoms with Crippen LogP contribution in [0.1, 0.15) is 71.6 Å². The fraction of sp³-hybridized carbons (Fsp3) is 0.720. The fourth-order valence-electron chi connectivity index (χ4n) is 5.58. The normalized spacial score (nSPS) is 26.3. The minimum Gasteiger partial charge on any atom is -0.449 e. The van der Waals surface area contributed by atoms with E-state index in [1.54, 1.807) is 15.8 Å². The number of ether oxygens (including phenoxy) is 1. The first kappa shape index (κ1) is 26.7. The highest BCUT2D eigenvalue weighted by Crippen LogP contribution is 2.38. The molecule has 1 N–H and O–H groups in total. The van der Waals surface area contributed by atoms with Crippen molar-refractivity contribution in [2.45, 2.75) is 77.7 Å². The van der Waals surface area contributed by atoms with Gasteiger partial charge in [-0.05, 0) is 69.6 Å². The lowest BCUT2D eigenvalue weighted by Crippen LogP contribution is -2.51. The van der Waals surface area contributed by atoms with Crippen LogP contribution in [0.3, 0.4) is 0 Å². The third kappa shape index (κ3) is 6.11. The highest BCUT2D eigenvalue weighted by molar-refractivity contribution is 7.88. The second-order valence-electron chi connectivity index (χ2n) is 10.8. The van der Waals surface area contributed by atoms with Gasteiger partial charge < -0.3 is 9.84 Å². The Labute approximate surface area is 213 Å². The quantitative estimate of drug-likeness (QED) is 0.556. The van der Waals surface area contributed by atoms with Gasteiger partial charge in [0.15, 0.2) is 5.75 Å². The van der Waals surface area contributed by atoms with E-state index in [4.69, 9.17) is 9.84 Å². The average Bonchev–Trinajstić information content (AvgIpc) is 3.22. The number of carboxylic acid groups (broad SMARTS) is 1. The van der Waals surface area contributed by atoms with Gasteiger partial charge in [-0.2, -0.15) is 0 Å². The van der Waals surface area contributed by atoms with Gasteiger partial charge in [0, 0.05) is 30.7 Å². The Morgan fingerprint density at radius 3 is 2.28 bits per heavy atom. The Bertz CT molecular complexity index is 1100. The lowest BCUT2D eigenvalue weighted by atomic mass is 9.82. The summed E-state index contributed by atoms with van der Waals surface area (Å²) in [6, 6.07) is -0.297. The average molecular weight is 523 g/mol. The molecule has 1 unspecified atom stereocenters. The molecule has 1 aromatic heterocycles. The number of nitrogens with zero attached hydrogens (tertiary/aromatic N) is 4. The smallest absolute Gasteiger partial charge is 0.449 e. The molecule has 3 aliphatic rings. The van der Waals surface area contributed by atoms with Crippen LogP contribution < -0.4 is 9.64 Å². The molecule has 1 aliphatic heterocycles. The molecule has 1 amide bonds. The zero-order chi connectivity index (χ0) is 26.0. The summed E-state index contributed by atoms with van der Waals surface area (Å²) in [4.78, 5) is 27.2. The van der Waals surface area contributed by atoms with E-state index < -0.39 is 16.2 Å². The van der Waals surface area contributed by atoms with Gasteiger partial charge in [0.25, 0.3) is 0 Å². The number of rotatable bonds is 6. The second-order valence-corrected chi connectivity index (χ2v) is 12.7. The first-order chi connectivity index (χ1) is 17.0. The highest BCUT2D eigenvalue weighted by Gasteiger charge is 2.39. The van der Waals surface area contributed by atoms with Crippen LogP contribution in [0.15, 0.2) is 12.3 Å². The summed E-state index contributed by atoms with van der Waals surface area (Å²) in [6.45, 7) is 4.98. The SMILES string of the molecule is CC1CC=C(n2cc(OC(=O)O)c(N(C(=O)C3CCC(C)CC3)C3CCN(S(C)(=O)=O)CC3)n2)CC1. The van der Waals surface area contributed by atoms with Crippen LogP contribution in [-0.2, 0) is 14.8 Å². The molecular weight excluding hydrogens is 484 g/mol. The largest absolute Gasteiger partial charge is 0.511 e. The number of piperidine rings is 1. The van der Waals surface area contributed by atoms with Crippen LogP contribution in [0.4, 0.5) is 10.6 Å². The first-order valence-electron chi connectivity index (χ1n) is 13.0. The lowest BCUT2D eigenvalue weighted by Gasteiger charge is -2.39. The Morgan fingerprint density at radius 2 is 1.72 bits per heavy atom. The molecule has 2 aliphatic carbocycles. The summed E-state index contributed by atoms with van der Waals surface area (Å²) < 4.78 is 32.3. The van der Waals surface area contributed by atoms with E-state index in [0.29, 0.717) is 37.8 Å². The van der Waals surface area contributed by atoms with Crippen LogP contribution in [0.25, 0.3) is 5.70 Å². The van der Waals surface area contributed by atoms with E-state index in [1.165, 1.54) is 10.6 Å². The number of anilines is 1. The summed E-state index contributed by atoms with van der Waals surface area (Å²) in [5.74, 6) is 1.14. The van der Waals surface area contributed by atoms with Gasteiger partial charge in [0.2, 0.25) is 21.7 Å². The van der Waals surface area contributed by atoms with Crippen molar-refractivity contribution < 1.29 is 27.9 Å². The molecule has 36 heavy (non-hydrogen) atoms. The molecular formula is C25H38N4O6S. The minimum absolute atomic E-state index is 0.0325. The molecule has 1 saturated carbocycles. The summed E-state index contributed by atoms with van der Waals surface area (Å²) in [5.41, 5.74) is 0.959. The molecule has 0 radical (unpaired) electrons. The van der Waals surface area contributed by atoms with E-state index in [-0.39, 0.29) is 29.4 Å². The minimum atomic E-state index is -3.33. The molecule has 0 spiro atoms. The number of allylic oxidation sites excluding steroid dienone is 2. The van der Waals surface area contributed by atoms with Crippen molar-refractivity contribution in [3.8, 4) is 5.75 Å². The molecule has 4 rings (SSSR count). The number of aromatic nitrogens is 2. The molecule has 1 saturated heterocycles. The topological polar surface area (TPSA) is 122 Å². The zero-order valence-corrected chi connectivity index (χ0v) is 22.2. The van der Waals surface area contributed by atoms with Gasteiger partial charge >= 0.3 is 6.16 Å². The monoisotopic (exact) mass is 522 g/mol. The van der Waals surface area contributed by atoms with Crippen LogP contribution in [0.5, 0.6) is 5.75 Å². The number of hydrogen-bond donors (Lipinski definition) is 1. The summed E-state index contributed by atoms with van der Waals surface area (Å²) >= 11 is 0. The maximum atomic E-state index is 14.0. The van der Waals surface area contributed by atoms with E-state index in [0.717, 1.165) is 50.6 Å². The predicted octanol–water partition coefficient (Wildman–Crippen LogP) is 4.18. The van der Waals surface area contributed by atoms with Crippen LogP contribution in [0, 0.1) is 17.8 Å². The molecule has 10 nitrogen and oxygen atoms in total. The van der Waals surface area contributed by atoms with Crippen LogP contribution in [0.2, 0.25) is 0 Å². The number of amides is 1.